The highest BCUT2D eigenvalue weighted by atomic mass is 16.6. The monoisotopic (exact) mass is 268 g/mol. The van der Waals surface area contributed by atoms with Crippen molar-refractivity contribution >= 4 is 6.09 Å². The molecule has 0 aromatic carbocycles. The molecule has 1 aromatic heterocycles. The Labute approximate surface area is 111 Å². The van der Waals surface area contributed by atoms with Gasteiger partial charge in [-0.25, -0.2) is 4.79 Å². The maximum atomic E-state index is 11.5. The van der Waals surface area contributed by atoms with E-state index in [-0.39, 0.29) is 12.1 Å². The molecule has 1 heterocycles. The third-order valence-electron chi connectivity index (χ3n) is 2.80. The van der Waals surface area contributed by atoms with Gasteiger partial charge >= 0.3 is 6.09 Å². The first-order valence-corrected chi connectivity index (χ1v) is 6.37. The topological polar surface area (TPSA) is 105 Å². The smallest absolute Gasteiger partial charge is 0.407 e. The van der Waals surface area contributed by atoms with Gasteiger partial charge in [-0.05, 0) is 33.6 Å². The molecular formula is C11H20N6O2. The molecule has 0 aliphatic heterocycles. The molecule has 1 saturated carbocycles. The molecule has 0 saturated heterocycles. The van der Waals surface area contributed by atoms with Gasteiger partial charge < -0.3 is 15.4 Å². The molecule has 106 valence electrons. The zero-order valence-corrected chi connectivity index (χ0v) is 11.4. The van der Waals surface area contributed by atoms with Gasteiger partial charge in [0, 0.05) is 12.1 Å². The lowest BCUT2D eigenvalue weighted by Gasteiger charge is -2.36. The van der Waals surface area contributed by atoms with Crippen molar-refractivity contribution in [2.75, 3.05) is 0 Å². The van der Waals surface area contributed by atoms with Crippen molar-refractivity contribution in [3.8, 4) is 0 Å². The number of aromatic amines is 1. The summed E-state index contributed by atoms with van der Waals surface area (Å²) in [5.74, 6) is 0.642. The molecule has 0 spiro atoms. The van der Waals surface area contributed by atoms with Crippen molar-refractivity contribution in [2.45, 2.75) is 57.8 Å². The Morgan fingerprint density at radius 1 is 1.42 bits per heavy atom. The molecule has 1 aliphatic carbocycles. The normalized spacial score (nSPS) is 22.7. The lowest BCUT2D eigenvalue weighted by atomic mass is 9.87. The number of rotatable bonds is 4. The first kappa shape index (κ1) is 13.7. The van der Waals surface area contributed by atoms with Crippen LogP contribution in [0.4, 0.5) is 4.79 Å². The number of carbonyl (C=O) groups is 1. The van der Waals surface area contributed by atoms with Crippen LogP contribution in [0.25, 0.3) is 0 Å². The van der Waals surface area contributed by atoms with Gasteiger partial charge in [0.05, 0.1) is 6.54 Å². The summed E-state index contributed by atoms with van der Waals surface area (Å²) in [6.45, 7) is 6.13. The number of nitrogens with one attached hydrogen (secondary N) is 3. The molecule has 19 heavy (non-hydrogen) atoms. The van der Waals surface area contributed by atoms with Gasteiger partial charge in [-0.15, -0.1) is 10.2 Å². The molecule has 0 unspecified atom stereocenters. The number of aromatic nitrogens is 4. The number of ether oxygens (including phenoxy) is 1. The summed E-state index contributed by atoms with van der Waals surface area (Å²) in [5, 5.41) is 19.7. The van der Waals surface area contributed by atoms with Crippen LogP contribution in [-0.2, 0) is 11.3 Å². The first-order chi connectivity index (χ1) is 8.92. The summed E-state index contributed by atoms with van der Waals surface area (Å²) >= 11 is 0. The van der Waals surface area contributed by atoms with Gasteiger partial charge in [-0.1, -0.05) is 5.21 Å². The molecule has 0 atom stereocenters. The lowest BCUT2D eigenvalue weighted by Crippen LogP contribution is -2.53. The average Bonchev–Trinajstić information content (AvgIpc) is 2.71. The molecule has 8 nitrogen and oxygen atoms in total. The third-order valence-corrected chi connectivity index (χ3v) is 2.80. The highest BCUT2D eigenvalue weighted by molar-refractivity contribution is 5.68. The molecule has 1 fully saturated rings. The number of H-pyrrole nitrogens is 1. The molecular weight excluding hydrogens is 248 g/mol. The van der Waals surface area contributed by atoms with Crippen LogP contribution in [-0.4, -0.2) is 44.4 Å². The van der Waals surface area contributed by atoms with Crippen LogP contribution < -0.4 is 10.6 Å². The second-order valence-electron chi connectivity index (χ2n) is 5.72. The van der Waals surface area contributed by atoms with Crippen LogP contribution in [0.15, 0.2) is 0 Å². The van der Waals surface area contributed by atoms with E-state index < -0.39 is 5.60 Å². The quantitative estimate of drug-likeness (QED) is 0.727. The SMILES string of the molecule is CC(C)(C)OC(=O)NC1CC(NCc2nn[nH]n2)C1. The Hall–Kier alpha value is -1.70. The predicted octanol–water partition coefficient (Wildman–Crippen LogP) is 0.345. The van der Waals surface area contributed by atoms with Crippen molar-refractivity contribution in [3.63, 3.8) is 0 Å². The fourth-order valence-corrected chi connectivity index (χ4v) is 1.87. The Balaban J connectivity index is 1.60. The molecule has 1 amide bonds. The van der Waals surface area contributed by atoms with Crippen molar-refractivity contribution < 1.29 is 9.53 Å². The van der Waals surface area contributed by atoms with Gasteiger partial charge in [0.25, 0.3) is 0 Å². The zero-order chi connectivity index (χ0) is 13.9. The van der Waals surface area contributed by atoms with Gasteiger partial charge in [0.15, 0.2) is 5.82 Å². The van der Waals surface area contributed by atoms with Crippen LogP contribution in [0.3, 0.4) is 0 Å². The fraction of sp³-hybridized carbons (Fsp3) is 0.818. The summed E-state index contributed by atoms with van der Waals surface area (Å²) < 4.78 is 5.20. The third kappa shape index (κ3) is 4.47. The number of hydrogen-bond donors (Lipinski definition) is 3. The lowest BCUT2D eigenvalue weighted by molar-refractivity contribution is 0.0465. The summed E-state index contributed by atoms with van der Waals surface area (Å²) in [4.78, 5) is 11.5. The van der Waals surface area contributed by atoms with Crippen LogP contribution in [0.5, 0.6) is 0 Å². The summed E-state index contributed by atoms with van der Waals surface area (Å²) in [5.41, 5.74) is -0.454. The van der Waals surface area contributed by atoms with Crippen LogP contribution in [0.1, 0.15) is 39.4 Å². The van der Waals surface area contributed by atoms with E-state index in [2.05, 4.69) is 31.3 Å². The van der Waals surface area contributed by atoms with Gasteiger partial charge in [0.2, 0.25) is 0 Å². The van der Waals surface area contributed by atoms with Gasteiger partial charge in [-0.3, -0.25) is 0 Å². The average molecular weight is 268 g/mol. The van der Waals surface area contributed by atoms with E-state index >= 15 is 0 Å². The number of carbonyl (C=O) groups excluding carboxylic acids is 1. The first-order valence-electron chi connectivity index (χ1n) is 6.37. The van der Waals surface area contributed by atoms with Crippen molar-refractivity contribution in [3.05, 3.63) is 5.82 Å². The van der Waals surface area contributed by atoms with Gasteiger partial charge in [0.1, 0.15) is 5.60 Å². The number of tetrazole rings is 1. The molecule has 0 bridgehead atoms. The number of nitrogens with zero attached hydrogens (tertiary/aromatic N) is 3. The fourth-order valence-electron chi connectivity index (χ4n) is 1.87. The summed E-state index contributed by atoms with van der Waals surface area (Å²) in [6, 6.07) is 0.552. The molecule has 1 aliphatic rings. The van der Waals surface area contributed by atoms with Gasteiger partial charge in [-0.2, -0.15) is 5.21 Å². The molecule has 8 heteroatoms. The molecule has 0 radical (unpaired) electrons. The van der Waals surface area contributed by atoms with Crippen LogP contribution >= 0.6 is 0 Å². The second kappa shape index (κ2) is 5.52. The Morgan fingerprint density at radius 3 is 2.74 bits per heavy atom. The zero-order valence-electron chi connectivity index (χ0n) is 11.4. The Kier molecular flexibility index (Phi) is 3.98. The Bertz CT molecular complexity index is 407. The van der Waals surface area contributed by atoms with Crippen LogP contribution in [0.2, 0.25) is 0 Å². The maximum absolute atomic E-state index is 11.5. The van der Waals surface area contributed by atoms with E-state index in [1.54, 1.807) is 0 Å². The van der Waals surface area contributed by atoms with E-state index in [0.717, 1.165) is 12.8 Å². The number of hydrogen-bond acceptors (Lipinski definition) is 6. The standard InChI is InChI=1S/C11H20N6O2/c1-11(2,3)19-10(18)13-8-4-7(5-8)12-6-9-14-16-17-15-9/h7-8,12H,4-6H2,1-3H3,(H,13,18)(H,14,15,16,17). The van der Waals surface area contributed by atoms with E-state index in [1.807, 2.05) is 20.8 Å². The highest BCUT2D eigenvalue weighted by Crippen LogP contribution is 2.20. The van der Waals surface area contributed by atoms with E-state index in [1.165, 1.54) is 0 Å². The minimum Gasteiger partial charge on any atom is -0.444 e. The minimum atomic E-state index is -0.454. The largest absolute Gasteiger partial charge is 0.444 e. The Morgan fingerprint density at radius 2 is 2.16 bits per heavy atom. The predicted molar refractivity (Wildman–Crippen MR) is 67.2 cm³/mol. The van der Waals surface area contributed by atoms with E-state index in [4.69, 9.17) is 4.74 Å². The highest BCUT2D eigenvalue weighted by Gasteiger charge is 2.31. The molecule has 1 aromatic rings. The second-order valence-corrected chi connectivity index (χ2v) is 5.72. The molecule has 3 N–H and O–H groups in total. The maximum Gasteiger partial charge on any atom is 0.407 e. The van der Waals surface area contributed by atoms with Crippen molar-refractivity contribution in [2.24, 2.45) is 0 Å². The number of amides is 1. The van der Waals surface area contributed by atoms with Crippen molar-refractivity contribution in [1.82, 2.24) is 31.3 Å². The number of alkyl carbamates (subject to hydrolysis) is 1. The van der Waals surface area contributed by atoms with E-state index in [0.29, 0.717) is 18.4 Å². The van der Waals surface area contributed by atoms with Crippen molar-refractivity contribution in [1.29, 1.82) is 0 Å². The summed E-state index contributed by atoms with van der Waals surface area (Å²) in [7, 11) is 0. The minimum absolute atomic E-state index is 0.178. The summed E-state index contributed by atoms with van der Waals surface area (Å²) in [6.07, 6.45) is 1.42. The van der Waals surface area contributed by atoms with Crippen LogP contribution in [0, 0.1) is 0 Å². The molecule has 2 rings (SSSR count). The van der Waals surface area contributed by atoms with E-state index in [9.17, 15) is 4.79 Å².